The number of hydrogen-bond donors (Lipinski definition) is 1. The van der Waals surface area contributed by atoms with Crippen molar-refractivity contribution < 1.29 is 4.79 Å². The second-order valence-electron chi connectivity index (χ2n) is 4.76. The molecule has 1 aromatic rings. The van der Waals surface area contributed by atoms with Gasteiger partial charge in [0.2, 0.25) is 5.91 Å². The van der Waals surface area contributed by atoms with Crippen LogP contribution in [-0.2, 0) is 4.79 Å². The van der Waals surface area contributed by atoms with Crippen LogP contribution in [0.4, 0.5) is 0 Å². The van der Waals surface area contributed by atoms with Crippen LogP contribution in [0.2, 0.25) is 0 Å². The van der Waals surface area contributed by atoms with Crippen LogP contribution in [0.3, 0.4) is 0 Å². The van der Waals surface area contributed by atoms with Crippen LogP contribution in [0.25, 0.3) is 0 Å². The van der Waals surface area contributed by atoms with Gasteiger partial charge in [-0.25, -0.2) is 0 Å². The van der Waals surface area contributed by atoms with E-state index in [1.54, 1.807) is 0 Å². The fraction of sp³-hybridized carbons (Fsp3) is 0.462. The average Bonchev–Trinajstić information content (AvgIpc) is 3.06. The van der Waals surface area contributed by atoms with Crippen LogP contribution in [-0.4, -0.2) is 22.9 Å². The lowest BCUT2D eigenvalue weighted by molar-refractivity contribution is -0.129. The van der Waals surface area contributed by atoms with Crippen LogP contribution in [0.15, 0.2) is 30.3 Å². The molecule has 1 aliphatic heterocycles. The normalized spacial score (nSPS) is 29.8. The lowest BCUT2D eigenvalue weighted by atomic mass is 10.0. The van der Waals surface area contributed by atoms with Gasteiger partial charge in [-0.3, -0.25) is 4.79 Å². The van der Waals surface area contributed by atoms with E-state index in [4.69, 9.17) is 5.73 Å². The van der Waals surface area contributed by atoms with Gasteiger partial charge in [0.1, 0.15) is 0 Å². The van der Waals surface area contributed by atoms with Gasteiger partial charge in [-0.05, 0) is 18.4 Å². The van der Waals surface area contributed by atoms with Gasteiger partial charge in [0.15, 0.2) is 0 Å². The first-order valence-electron chi connectivity index (χ1n) is 5.89. The van der Waals surface area contributed by atoms with E-state index in [2.05, 4.69) is 12.1 Å². The van der Waals surface area contributed by atoms with Crippen molar-refractivity contribution in [2.75, 3.05) is 0 Å². The van der Waals surface area contributed by atoms with Crippen molar-refractivity contribution in [1.29, 1.82) is 0 Å². The van der Waals surface area contributed by atoms with Crippen molar-refractivity contribution >= 4 is 5.91 Å². The number of nitrogens with zero attached hydrogens (tertiary/aromatic N) is 1. The van der Waals surface area contributed by atoms with E-state index in [1.807, 2.05) is 23.1 Å². The summed E-state index contributed by atoms with van der Waals surface area (Å²) in [6.07, 6.45) is 2.78. The number of likely N-dealkylation sites (tertiary alicyclic amines) is 1. The molecule has 1 aromatic carbocycles. The predicted octanol–water partition coefficient (Wildman–Crippen LogP) is 1.45. The molecule has 3 rings (SSSR count). The molecule has 84 valence electrons. The summed E-state index contributed by atoms with van der Waals surface area (Å²) in [5.41, 5.74) is 7.27. The summed E-state index contributed by atoms with van der Waals surface area (Å²) in [5.74, 6) is 0.226. The summed E-state index contributed by atoms with van der Waals surface area (Å²) in [6.45, 7) is 0. The summed E-state index contributed by atoms with van der Waals surface area (Å²) >= 11 is 0. The maximum Gasteiger partial charge on any atom is 0.225 e. The summed E-state index contributed by atoms with van der Waals surface area (Å²) < 4.78 is 0. The number of nitrogens with two attached hydrogens (primary N) is 1. The highest BCUT2D eigenvalue weighted by atomic mass is 16.2. The highest BCUT2D eigenvalue weighted by Gasteiger charge is 2.45. The Morgan fingerprint density at radius 2 is 1.88 bits per heavy atom. The molecule has 2 N–H and O–H groups in total. The van der Waals surface area contributed by atoms with Crippen LogP contribution in [0.5, 0.6) is 0 Å². The molecule has 0 spiro atoms. The van der Waals surface area contributed by atoms with Gasteiger partial charge in [-0.2, -0.15) is 0 Å². The van der Waals surface area contributed by atoms with Gasteiger partial charge in [0.05, 0.1) is 6.04 Å². The minimum absolute atomic E-state index is 0.0458. The fourth-order valence-corrected chi connectivity index (χ4v) is 2.62. The van der Waals surface area contributed by atoms with Gasteiger partial charge in [0, 0.05) is 18.5 Å². The zero-order chi connectivity index (χ0) is 11.1. The summed E-state index contributed by atoms with van der Waals surface area (Å²) in [4.78, 5) is 13.9. The first kappa shape index (κ1) is 9.85. The highest BCUT2D eigenvalue weighted by Crippen LogP contribution is 2.40. The lowest BCUT2D eigenvalue weighted by Crippen LogP contribution is -2.34. The van der Waals surface area contributed by atoms with Crippen molar-refractivity contribution in [2.24, 2.45) is 5.73 Å². The number of amides is 1. The van der Waals surface area contributed by atoms with Crippen LogP contribution in [0, 0.1) is 0 Å². The fourth-order valence-electron chi connectivity index (χ4n) is 2.62. The zero-order valence-corrected chi connectivity index (χ0v) is 9.17. The molecule has 3 nitrogen and oxygen atoms in total. The van der Waals surface area contributed by atoms with E-state index in [0.29, 0.717) is 12.5 Å². The van der Waals surface area contributed by atoms with Crippen molar-refractivity contribution in [3.8, 4) is 0 Å². The molecule has 0 bridgehead atoms. The SMILES string of the molecule is NC1CC(=O)N(C2CC2)C1c1ccccc1. The van der Waals surface area contributed by atoms with Crippen molar-refractivity contribution in [3.05, 3.63) is 35.9 Å². The van der Waals surface area contributed by atoms with E-state index < -0.39 is 0 Å². The van der Waals surface area contributed by atoms with E-state index in [-0.39, 0.29) is 18.0 Å². The Morgan fingerprint density at radius 1 is 1.19 bits per heavy atom. The quantitative estimate of drug-likeness (QED) is 0.813. The van der Waals surface area contributed by atoms with Crippen LogP contribution >= 0.6 is 0 Å². The van der Waals surface area contributed by atoms with Crippen molar-refractivity contribution in [2.45, 2.75) is 37.4 Å². The zero-order valence-electron chi connectivity index (χ0n) is 9.17. The molecule has 1 heterocycles. The smallest absolute Gasteiger partial charge is 0.225 e. The molecule has 2 unspecified atom stereocenters. The second-order valence-corrected chi connectivity index (χ2v) is 4.76. The summed E-state index contributed by atoms with van der Waals surface area (Å²) in [6, 6.07) is 10.7. The Labute approximate surface area is 95.2 Å². The summed E-state index contributed by atoms with van der Waals surface area (Å²) in [5, 5.41) is 0. The number of carbonyl (C=O) groups is 1. The Kier molecular flexibility index (Phi) is 2.21. The minimum atomic E-state index is -0.0458. The maximum absolute atomic E-state index is 11.9. The molecule has 1 aliphatic carbocycles. The third kappa shape index (κ3) is 1.52. The lowest BCUT2D eigenvalue weighted by Gasteiger charge is -2.27. The minimum Gasteiger partial charge on any atom is -0.331 e. The number of carbonyl (C=O) groups excluding carboxylic acids is 1. The topological polar surface area (TPSA) is 46.3 Å². The molecular weight excluding hydrogens is 200 g/mol. The monoisotopic (exact) mass is 216 g/mol. The van der Waals surface area contributed by atoms with E-state index >= 15 is 0 Å². The molecule has 0 radical (unpaired) electrons. The third-order valence-corrected chi connectivity index (χ3v) is 3.48. The van der Waals surface area contributed by atoms with Gasteiger partial charge in [-0.15, -0.1) is 0 Å². The van der Waals surface area contributed by atoms with Gasteiger partial charge >= 0.3 is 0 Å². The number of hydrogen-bond acceptors (Lipinski definition) is 2. The largest absolute Gasteiger partial charge is 0.331 e. The molecule has 1 amide bonds. The highest BCUT2D eigenvalue weighted by molar-refractivity contribution is 5.81. The predicted molar refractivity (Wildman–Crippen MR) is 61.6 cm³/mol. The first-order valence-corrected chi connectivity index (χ1v) is 5.89. The molecule has 0 aromatic heterocycles. The molecule has 3 heteroatoms. The van der Waals surface area contributed by atoms with Crippen molar-refractivity contribution in [1.82, 2.24) is 4.90 Å². The molecule has 2 atom stereocenters. The van der Waals surface area contributed by atoms with E-state index in [1.165, 1.54) is 5.56 Å². The number of rotatable bonds is 2. The third-order valence-electron chi connectivity index (χ3n) is 3.48. The number of benzene rings is 1. The van der Waals surface area contributed by atoms with Crippen LogP contribution in [0.1, 0.15) is 30.9 Å². The molecule has 1 saturated heterocycles. The average molecular weight is 216 g/mol. The van der Waals surface area contributed by atoms with Gasteiger partial charge < -0.3 is 10.6 Å². The molecule has 16 heavy (non-hydrogen) atoms. The molecule has 1 saturated carbocycles. The first-order chi connectivity index (χ1) is 7.77. The van der Waals surface area contributed by atoms with Gasteiger partial charge in [-0.1, -0.05) is 30.3 Å². The summed E-state index contributed by atoms with van der Waals surface area (Å²) in [7, 11) is 0. The van der Waals surface area contributed by atoms with Crippen molar-refractivity contribution in [3.63, 3.8) is 0 Å². The Morgan fingerprint density at radius 3 is 2.50 bits per heavy atom. The molecule has 2 aliphatic rings. The maximum atomic E-state index is 11.9. The molecular formula is C13H16N2O. The van der Waals surface area contributed by atoms with Crippen LogP contribution < -0.4 is 5.73 Å². The molecule has 2 fully saturated rings. The van der Waals surface area contributed by atoms with E-state index in [0.717, 1.165) is 12.8 Å². The van der Waals surface area contributed by atoms with Gasteiger partial charge in [0.25, 0.3) is 0 Å². The van der Waals surface area contributed by atoms with E-state index in [9.17, 15) is 4.79 Å². The Hall–Kier alpha value is -1.35. The Bertz CT molecular complexity index is 400. The standard InChI is InChI=1S/C13H16N2O/c14-11-8-12(16)15(10-6-7-10)13(11)9-4-2-1-3-5-9/h1-5,10-11,13H,6-8,14H2. The Balaban J connectivity index is 1.94. The second kappa shape index (κ2) is 3.59.